The van der Waals surface area contributed by atoms with E-state index in [-0.39, 0.29) is 5.41 Å². The van der Waals surface area contributed by atoms with E-state index >= 15 is 0 Å². The summed E-state index contributed by atoms with van der Waals surface area (Å²) in [5, 5.41) is 0. The molecular weight excluding hydrogens is 164 g/mol. The zero-order valence-electron chi connectivity index (χ0n) is 8.77. The Morgan fingerprint density at radius 2 is 2.08 bits per heavy atom. The second-order valence-electron chi connectivity index (χ2n) is 4.19. The number of rotatable bonds is 3. The highest BCUT2D eigenvalue weighted by atomic mass is 16.6. The Labute approximate surface area is 79.2 Å². The summed E-state index contributed by atoms with van der Waals surface area (Å²) in [5.41, 5.74) is 3.62. The van der Waals surface area contributed by atoms with E-state index in [1.807, 2.05) is 0 Å². The largest absolute Gasteiger partial charge is 0.362 e. The fraction of sp³-hybridized carbons (Fsp3) is 0.600. The molecule has 0 radical (unpaired) electrons. The van der Waals surface area contributed by atoms with Crippen molar-refractivity contribution in [2.45, 2.75) is 33.1 Å². The molecule has 3 nitrogen and oxygen atoms in total. The van der Waals surface area contributed by atoms with Crippen LogP contribution in [0.1, 0.15) is 30.8 Å². The first kappa shape index (κ1) is 10.3. The van der Waals surface area contributed by atoms with Crippen LogP contribution in [-0.4, -0.2) is 11.6 Å². The van der Waals surface area contributed by atoms with Crippen LogP contribution in [-0.2, 0) is 10.3 Å². The number of hydrogen-bond acceptors (Lipinski definition) is 2. The molecule has 1 aromatic heterocycles. The molecule has 0 spiro atoms. The Morgan fingerprint density at radius 3 is 2.46 bits per heavy atom. The average molecular weight is 182 g/mol. The standard InChI is InChI=1S/C10H18N2O/c1-7-5-9(8(2)12-7)10(3,4)6-13-11/h5,12H,6,11H2,1-4H3. The molecule has 1 aromatic rings. The van der Waals surface area contributed by atoms with Crippen LogP contribution in [0.3, 0.4) is 0 Å². The zero-order chi connectivity index (χ0) is 10.1. The molecule has 0 atom stereocenters. The van der Waals surface area contributed by atoms with Crippen molar-refractivity contribution in [3.05, 3.63) is 23.0 Å². The zero-order valence-corrected chi connectivity index (χ0v) is 8.77. The van der Waals surface area contributed by atoms with Gasteiger partial charge in [0.15, 0.2) is 0 Å². The van der Waals surface area contributed by atoms with Gasteiger partial charge in [0, 0.05) is 16.8 Å². The molecule has 0 amide bonds. The lowest BCUT2D eigenvalue weighted by atomic mass is 9.85. The predicted octanol–water partition coefficient (Wildman–Crippen LogP) is 1.80. The molecule has 3 heteroatoms. The minimum Gasteiger partial charge on any atom is -0.362 e. The summed E-state index contributed by atoms with van der Waals surface area (Å²) in [6.45, 7) is 8.90. The van der Waals surface area contributed by atoms with Gasteiger partial charge in [0.25, 0.3) is 0 Å². The first-order valence-electron chi connectivity index (χ1n) is 4.46. The summed E-state index contributed by atoms with van der Waals surface area (Å²) in [5.74, 6) is 5.10. The minimum atomic E-state index is -0.0242. The van der Waals surface area contributed by atoms with Gasteiger partial charge in [-0.3, -0.25) is 0 Å². The highest BCUT2D eigenvalue weighted by Crippen LogP contribution is 2.26. The average Bonchev–Trinajstić information content (AvgIpc) is 2.30. The minimum absolute atomic E-state index is 0.0242. The van der Waals surface area contributed by atoms with E-state index in [0.717, 1.165) is 0 Å². The predicted molar refractivity (Wildman–Crippen MR) is 53.4 cm³/mol. The number of hydrogen-bond donors (Lipinski definition) is 2. The lowest BCUT2D eigenvalue weighted by Gasteiger charge is -2.23. The fourth-order valence-electron chi connectivity index (χ4n) is 1.71. The van der Waals surface area contributed by atoms with E-state index in [4.69, 9.17) is 10.7 Å². The van der Waals surface area contributed by atoms with Gasteiger partial charge in [-0.25, -0.2) is 5.90 Å². The second kappa shape index (κ2) is 3.52. The van der Waals surface area contributed by atoms with Gasteiger partial charge in [-0.05, 0) is 25.5 Å². The van der Waals surface area contributed by atoms with Crippen LogP contribution in [0.25, 0.3) is 0 Å². The van der Waals surface area contributed by atoms with E-state index < -0.39 is 0 Å². The van der Waals surface area contributed by atoms with Gasteiger partial charge in [0.2, 0.25) is 0 Å². The monoisotopic (exact) mass is 182 g/mol. The third kappa shape index (κ3) is 2.11. The van der Waals surface area contributed by atoms with Crippen LogP contribution in [0.5, 0.6) is 0 Å². The molecule has 0 aliphatic heterocycles. The van der Waals surface area contributed by atoms with Gasteiger partial charge in [-0.15, -0.1) is 0 Å². The topological polar surface area (TPSA) is 51.0 Å². The van der Waals surface area contributed by atoms with Crippen LogP contribution in [0, 0.1) is 13.8 Å². The molecule has 3 N–H and O–H groups in total. The van der Waals surface area contributed by atoms with Crippen molar-refractivity contribution in [1.29, 1.82) is 0 Å². The van der Waals surface area contributed by atoms with Crippen molar-refractivity contribution in [2.75, 3.05) is 6.61 Å². The SMILES string of the molecule is Cc1cc(C(C)(C)CON)c(C)[nH]1. The maximum atomic E-state index is 5.10. The Hall–Kier alpha value is -0.800. The summed E-state index contributed by atoms with van der Waals surface area (Å²) < 4.78 is 0. The van der Waals surface area contributed by atoms with Crippen molar-refractivity contribution < 1.29 is 4.84 Å². The Balaban J connectivity index is 2.98. The maximum absolute atomic E-state index is 5.10. The van der Waals surface area contributed by atoms with Gasteiger partial charge >= 0.3 is 0 Å². The van der Waals surface area contributed by atoms with Crippen molar-refractivity contribution in [3.8, 4) is 0 Å². The molecule has 13 heavy (non-hydrogen) atoms. The lowest BCUT2D eigenvalue weighted by Crippen LogP contribution is -2.26. The lowest BCUT2D eigenvalue weighted by molar-refractivity contribution is 0.0962. The molecule has 0 bridgehead atoms. The van der Waals surface area contributed by atoms with Gasteiger partial charge in [-0.2, -0.15) is 0 Å². The van der Waals surface area contributed by atoms with Crippen LogP contribution >= 0.6 is 0 Å². The van der Waals surface area contributed by atoms with Crippen molar-refractivity contribution in [3.63, 3.8) is 0 Å². The smallest absolute Gasteiger partial charge is 0.0771 e. The quantitative estimate of drug-likeness (QED) is 0.700. The highest BCUT2D eigenvalue weighted by Gasteiger charge is 2.23. The molecule has 0 aromatic carbocycles. The molecule has 0 aliphatic rings. The van der Waals surface area contributed by atoms with Crippen molar-refractivity contribution in [2.24, 2.45) is 5.90 Å². The van der Waals surface area contributed by atoms with Gasteiger partial charge in [-0.1, -0.05) is 13.8 Å². The molecule has 0 saturated carbocycles. The molecule has 74 valence electrons. The van der Waals surface area contributed by atoms with E-state index in [2.05, 4.69) is 38.7 Å². The third-order valence-corrected chi connectivity index (χ3v) is 2.32. The Morgan fingerprint density at radius 1 is 1.46 bits per heavy atom. The van der Waals surface area contributed by atoms with Gasteiger partial charge in [0.05, 0.1) is 6.61 Å². The highest BCUT2D eigenvalue weighted by molar-refractivity contribution is 5.31. The van der Waals surface area contributed by atoms with Crippen molar-refractivity contribution >= 4 is 0 Å². The maximum Gasteiger partial charge on any atom is 0.0771 e. The molecular formula is C10H18N2O. The molecule has 1 rings (SSSR count). The number of nitrogens with two attached hydrogens (primary N) is 1. The number of aromatic amines is 1. The van der Waals surface area contributed by atoms with Crippen LogP contribution in [0.4, 0.5) is 0 Å². The van der Waals surface area contributed by atoms with E-state index in [1.54, 1.807) is 0 Å². The number of nitrogens with one attached hydrogen (secondary N) is 1. The molecule has 0 saturated heterocycles. The van der Waals surface area contributed by atoms with Crippen molar-refractivity contribution in [1.82, 2.24) is 4.98 Å². The molecule has 0 aliphatic carbocycles. The van der Waals surface area contributed by atoms with Crippen LogP contribution in [0.15, 0.2) is 6.07 Å². The molecule has 0 unspecified atom stereocenters. The summed E-state index contributed by atoms with van der Waals surface area (Å²) in [6.07, 6.45) is 0. The number of aromatic nitrogens is 1. The van der Waals surface area contributed by atoms with Gasteiger partial charge in [0.1, 0.15) is 0 Å². The Kier molecular flexibility index (Phi) is 2.78. The van der Waals surface area contributed by atoms with Crippen LogP contribution < -0.4 is 5.90 Å². The number of H-pyrrole nitrogens is 1. The summed E-state index contributed by atoms with van der Waals surface area (Å²) in [6, 6.07) is 2.15. The summed E-state index contributed by atoms with van der Waals surface area (Å²) >= 11 is 0. The fourth-order valence-corrected chi connectivity index (χ4v) is 1.71. The van der Waals surface area contributed by atoms with E-state index in [0.29, 0.717) is 6.61 Å². The first-order valence-corrected chi connectivity index (χ1v) is 4.46. The summed E-state index contributed by atoms with van der Waals surface area (Å²) in [7, 11) is 0. The normalized spacial score (nSPS) is 12.1. The first-order chi connectivity index (χ1) is 5.97. The van der Waals surface area contributed by atoms with E-state index in [9.17, 15) is 0 Å². The van der Waals surface area contributed by atoms with Crippen LogP contribution in [0.2, 0.25) is 0 Å². The summed E-state index contributed by atoms with van der Waals surface area (Å²) in [4.78, 5) is 7.99. The number of aryl methyl sites for hydroxylation is 2. The van der Waals surface area contributed by atoms with Gasteiger partial charge < -0.3 is 9.82 Å². The Bertz CT molecular complexity index is 289. The molecule has 1 heterocycles. The van der Waals surface area contributed by atoms with E-state index in [1.165, 1.54) is 17.0 Å². The second-order valence-corrected chi connectivity index (χ2v) is 4.19. The third-order valence-electron chi connectivity index (χ3n) is 2.32. The molecule has 0 fully saturated rings.